The molecule has 0 atom stereocenters. The molecule has 230 valence electrons. The molecule has 0 radical (unpaired) electrons. The molecule has 1 N–H and O–H groups in total. The van der Waals surface area contributed by atoms with E-state index in [0.29, 0.717) is 41.4 Å². The van der Waals surface area contributed by atoms with Crippen molar-refractivity contribution >= 4 is 29.0 Å². The molecule has 0 unspecified atom stereocenters. The summed E-state index contributed by atoms with van der Waals surface area (Å²) in [6, 6.07) is 12.2. The van der Waals surface area contributed by atoms with Gasteiger partial charge in [0.15, 0.2) is 0 Å². The third-order valence-electron chi connectivity index (χ3n) is 9.78. The minimum atomic E-state index is -0.760. The van der Waals surface area contributed by atoms with Crippen LogP contribution in [0.2, 0.25) is 0 Å². The Bertz CT molecular complexity index is 1530. The van der Waals surface area contributed by atoms with Gasteiger partial charge in [0.05, 0.1) is 22.6 Å². The maximum Gasteiger partial charge on any atom is 0.303 e. The molecule has 8 nitrogen and oxygen atoms in total. The van der Waals surface area contributed by atoms with Gasteiger partial charge in [-0.15, -0.1) is 11.3 Å². The van der Waals surface area contributed by atoms with Crippen LogP contribution in [0, 0.1) is 29.1 Å². The van der Waals surface area contributed by atoms with Crippen molar-refractivity contribution in [2.75, 3.05) is 18.6 Å². The van der Waals surface area contributed by atoms with E-state index in [1.807, 2.05) is 35.4 Å². The monoisotopic (exact) mass is 612 g/mol. The Morgan fingerprint density at radius 3 is 2.39 bits per heavy atom. The highest BCUT2D eigenvalue weighted by Crippen LogP contribution is 2.44. The lowest BCUT2D eigenvalue weighted by Crippen LogP contribution is -2.42. The number of amides is 1. The Morgan fingerprint density at radius 1 is 0.977 bits per heavy atom. The number of hydrogen-bond donors (Lipinski definition) is 1. The SMILES string of the molecule is COc1ccc(C2CCC(CN(C(=O)C3CCC(CC(=O)O)CC3)c3cc(-c4cnc(C5CC5)s4)ccn3)CC2)cc1C#N. The van der Waals surface area contributed by atoms with Gasteiger partial charge >= 0.3 is 5.97 Å². The predicted octanol–water partition coefficient (Wildman–Crippen LogP) is 7.55. The maximum atomic E-state index is 14.2. The number of carbonyl (C=O) groups excluding carboxylic acids is 1. The molecule has 0 saturated heterocycles. The molecule has 0 spiro atoms. The molecule has 9 heteroatoms. The number of aromatic nitrogens is 2. The van der Waals surface area contributed by atoms with Gasteiger partial charge in [0.1, 0.15) is 17.6 Å². The number of hydrogen-bond acceptors (Lipinski definition) is 7. The van der Waals surface area contributed by atoms with Crippen LogP contribution in [0.15, 0.2) is 42.7 Å². The molecule has 0 bridgehead atoms. The molecular weight excluding hydrogens is 572 g/mol. The van der Waals surface area contributed by atoms with Gasteiger partial charge in [0.2, 0.25) is 5.91 Å². The molecule has 3 saturated carbocycles. The van der Waals surface area contributed by atoms with Crippen molar-refractivity contribution in [3.8, 4) is 22.3 Å². The zero-order valence-electron chi connectivity index (χ0n) is 25.3. The fourth-order valence-electron chi connectivity index (χ4n) is 7.04. The Kier molecular flexibility index (Phi) is 9.27. The predicted molar refractivity (Wildman–Crippen MR) is 170 cm³/mol. The van der Waals surface area contributed by atoms with Crippen molar-refractivity contribution in [2.24, 2.45) is 17.8 Å². The number of carboxylic acids is 1. The lowest BCUT2D eigenvalue weighted by Gasteiger charge is -2.35. The highest BCUT2D eigenvalue weighted by atomic mass is 32.1. The first-order valence-electron chi connectivity index (χ1n) is 15.9. The van der Waals surface area contributed by atoms with Crippen LogP contribution in [0.4, 0.5) is 5.82 Å². The van der Waals surface area contributed by atoms with Crippen LogP contribution in [0.1, 0.15) is 98.6 Å². The number of pyridine rings is 1. The smallest absolute Gasteiger partial charge is 0.303 e. The number of methoxy groups -OCH3 is 1. The van der Waals surface area contributed by atoms with Gasteiger partial charge in [-0.2, -0.15) is 5.26 Å². The third-order valence-corrected chi connectivity index (χ3v) is 11.0. The molecule has 2 aromatic heterocycles. The van der Waals surface area contributed by atoms with Crippen molar-refractivity contribution in [1.29, 1.82) is 5.26 Å². The van der Waals surface area contributed by atoms with Gasteiger partial charge in [-0.1, -0.05) is 6.07 Å². The molecule has 1 aromatic carbocycles. The van der Waals surface area contributed by atoms with E-state index in [0.717, 1.165) is 61.8 Å². The lowest BCUT2D eigenvalue weighted by atomic mass is 9.77. The van der Waals surface area contributed by atoms with Gasteiger partial charge in [-0.05, 0) is 117 Å². The summed E-state index contributed by atoms with van der Waals surface area (Å²) in [5.41, 5.74) is 2.79. The minimum Gasteiger partial charge on any atom is -0.495 e. The van der Waals surface area contributed by atoms with Crippen LogP contribution in [0.3, 0.4) is 0 Å². The van der Waals surface area contributed by atoms with Crippen LogP contribution in [-0.4, -0.2) is 40.6 Å². The largest absolute Gasteiger partial charge is 0.495 e. The minimum absolute atomic E-state index is 0.113. The van der Waals surface area contributed by atoms with Gasteiger partial charge < -0.3 is 9.84 Å². The number of ether oxygens (including phenoxy) is 1. The van der Waals surface area contributed by atoms with Gasteiger partial charge in [-0.25, -0.2) is 9.97 Å². The molecule has 1 amide bonds. The third kappa shape index (κ3) is 6.96. The number of nitriles is 1. The molecule has 3 fully saturated rings. The molecule has 3 aliphatic rings. The number of carboxylic acid groups (broad SMARTS) is 1. The van der Waals surface area contributed by atoms with E-state index in [-0.39, 0.29) is 24.2 Å². The zero-order chi connectivity index (χ0) is 30.6. The van der Waals surface area contributed by atoms with Gasteiger partial charge in [0, 0.05) is 37.2 Å². The van der Waals surface area contributed by atoms with E-state index in [9.17, 15) is 20.0 Å². The number of carbonyl (C=O) groups is 2. The standard InChI is InChI=1S/C35H40N4O4S/c1-43-30-13-12-27(17-29(30)19-36)24-6-4-23(5-7-24)21-39(35(42)26-8-2-22(3-9-26)16-33(40)41)32-18-28(14-15-37-32)31-20-38-34(44-31)25-10-11-25/h12-15,17-18,20,22-26H,2-11,16,21H2,1H3,(H,40,41). The summed E-state index contributed by atoms with van der Waals surface area (Å²) < 4.78 is 5.33. The average Bonchev–Trinajstić information content (AvgIpc) is 3.79. The summed E-state index contributed by atoms with van der Waals surface area (Å²) in [6.45, 7) is 0.624. The fraction of sp³-hybridized carbons (Fsp3) is 0.514. The van der Waals surface area contributed by atoms with E-state index < -0.39 is 5.97 Å². The van der Waals surface area contributed by atoms with Crippen molar-refractivity contribution in [2.45, 2.75) is 82.5 Å². The number of anilines is 1. The Labute approximate surface area is 263 Å². The molecule has 44 heavy (non-hydrogen) atoms. The molecule has 2 heterocycles. The zero-order valence-corrected chi connectivity index (χ0v) is 26.1. The van der Waals surface area contributed by atoms with Crippen LogP contribution >= 0.6 is 11.3 Å². The van der Waals surface area contributed by atoms with E-state index >= 15 is 0 Å². The van der Waals surface area contributed by atoms with Crippen molar-refractivity contribution in [3.63, 3.8) is 0 Å². The van der Waals surface area contributed by atoms with Crippen molar-refractivity contribution in [1.82, 2.24) is 9.97 Å². The second kappa shape index (κ2) is 13.5. The normalized spacial score (nSPS) is 23.5. The number of benzene rings is 1. The first kappa shape index (κ1) is 30.3. The van der Waals surface area contributed by atoms with Crippen LogP contribution in [-0.2, 0) is 9.59 Å². The molecular formula is C35H40N4O4S. The number of nitrogens with zero attached hydrogens (tertiary/aromatic N) is 4. The van der Waals surface area contributed by atoms with Crippen molar-refractivity contribution < 1.29 is 19.4 Å². The van der Waals surface area contributed by atoms with E-state index in [1.165, 1.54) is 23.4 Å². The van der Waals surface area contributed by atoms with E-state index in [1.54, 1.807) is 24.6 Å². The van der Waals surface area contributed by atoms with E-state index in [2.05, 4.69) is 17.1 Å². The molecule has 6 rings (SSSR count). The average molecular weight is 613 g/mol. The Morgan fingerprint density at radius 2 is 1.70 bits per heavy atom. The fourth-order valence-corrected chi connectivity index (χ4v) is 8.12. The van der Waals surface area contributed by atoms with Crippen LogP contribution < -0.4 is 9.64 Å². The Hall–Kier alpha value is -3.77. The first-order valence-corrected chi connectivity index (χ1v) is 16.8. The van der Waals surface area contributed by atoms with Gasteiger partial charge in [0.25, 0.3) is 0 Å². The highest BCUT2D eigenvalue weighted by molar-refractivity contribution is 7.15. The molecule has 0 aliphatic heterocycles. The second-order valence-corrected chi connectivity index (χ2v) is 13.9. The van der Waals surface area contributed by atoms with Gasteiger partial charge in [-0.3, -0.25) is 14.5 Å². The quantitative estimate of drug-likeness (QED) is 0.251. The van der Waals surface area contributed by atoms with Crippen molar-refractivity contribution in [3.05, 3.63) is 58.9 Å². The van der Waals surface area contributed by atoms with E-state index in [4.69, 9.17) is 9.72 Å². The Balaban J connectivity index is 1.18. The summed E-state index contributed by atoms with van der Waals surface area (Å²) in [7, 11) is 1.59. The summed E-state index contributed by atoms with van der Waals surface area (Å²) in [6.07, 6.45) is 13.3. The van der Waals surface area contributed by atoms with Crippen LogP contribution in [0.25, 0.3) is 10.4 Å². The second-order valence-electron chi connectivity index (χ2n) is 12.8. The number of thiazole rings is 1. The summed E-state index contributed by atoms with van der Waals surface area (Å²) >= 11 is 1.74. The summed E-state index contributed by atoms with van der Waals surface area (Å²) in [4.78, 5) is 37.9. The van der Waals surface area contributed by atoms with Crippen LogP contribution in [0.5, 0.6) is 5.75 Å². The summed E-state index contributed by atoms with van der Waals surface area (Å²) in [5.74, 6) is 2.01. The lowest BCUT2D eigenvalue weighted by molar-refractivity contribution is -0.138. The molecule has 3 aromatic rings. The first-order chi connectivity index (χ1) is 21.4. The number of rotatable bonds is 10. The topological polar surface area (TPSA) is 116 Å². The summed E-state index contributed by atoms with van der Waals surface area (Å²) in [5, 5.41) is 20.0. The number of aliphatic carboxylic acids is 1. The highest BCUT2D eigenvalue weighted by Gasteiger charge is 2.34. The maximum absolute atomic E-state index is 14.2. The molecule has 3 aliphatic carbocycles.